The quantitative estimate of drug-likeness (QED) is 0.0661. The summed E-state index contributed by atoms with van der Waals surface area (Å²) in [5.74, 6) is -3.63. The predicted molar refractivity (Wildman–Crippen MR) is 233 cm³/mol. The monoisotopic (exact) mass is 1010 g/mol. The highest BCUT2D eigenvalue weighted by Gasteiger charge is 2.67. The van der Waals surface area contributed by atoms with Crippen LogP contribution in [0.2, 0.25) is 5.02 Å². The third kappa shape index (κ3) is 9.02. The van der Waals surface area contributed by atoms with Gasteiger partial charge in [0.15, 0.2) is 15.7 Å². The van der Waals surface area contributed by atoms with Crippen LogP contribution in [-0.4, -0.2) is 70.6 Å². The number of nitrogens with one attached hydrogen (secondary N) is 2. The van der Waals surface area contributed by atoms with Crippen molar-refractivity contribution < 1.29 is 57.9 Å². The summed E-state index contributed by atoms with van der Waals surface area (Å²) in [5, 5.41) is 31.0. The first-order chi connectivity index (χ1) is 32.3. The smallest absolute Gasteiger partial charge is 0.321 e. The number of nitrogens with zero attached hydrogens (tertiary/aromatic N) is 7. The number of carbonyl (C=O) groups is 1. The molecule has 0 bridgehead atoms. The van der Waals surface area contributed by atoms with E-state index in [1.807, 2.05) is 0 Å². The van der Waals surface area contributed by atoms with Crippen molar-refractivity contribution in [3.8, 4) is 23.0 Å². The first-order valence-electron chi connectivity index (χ1n) is 21.4. The van der Waals surface area contributed by atoms with Gasteiger partial charge in [0.05, 0.1) is 32.9 Å². The molecule has 69 heavy (non-hydrogen) atoms. The van der Waals surface area contributed by atoms with Gasteiger partial charge in [-0.15, -0.1) is 5.10 Å². The Morgan fingerprint density at radius 3 is 2.32 bits per heavy atom. The van der Waals surface area contributed by atoms with Gasteiger partial charge in [0.1, 0.15) is 52.2 Å². The van der Waals surface area contributed by atoms with Crippen molar-refractivity contribution in [2.45, 2.75) is 113 Å². The number of benzene rings is 2. The molecule has 3 atom stereocenters. The van der Waals surface area contributed by atoms with Crippen LogP contribution >= 0.6 is 11.6 Å². The summed E-state index contributed by atoms with van der Waals surface area (Å²) in [6.45, 7) is 3.56. The van der Waals surface area contributed by atoms with Crippen molar-refractivity contribution in [1.82, 2.24) is 40.1 Å². The number of halogens is 9. The largest absolute Gasteiger partial charge is 0.405 e. The lowest BCUT2D eigenvalue weighted by Crippen LogP contribution is -2.35. The Morgan fingerprint density at radius 2 is 1.68 bits per heavy atom. The first-order valence-corrected chi connectivity index (χ1v) is 23.4. The van der Waals surface area contributed by atoms with Gasteiger partial charge in [-0.05, 0) is 101 Å². The molecule has 3 aliphatic carbocycles. The molecule has 1 amide bonds. The SMILES string of the molecule is CC(C)(O)c1nnc(Nc2nn(CC(F)F)c3c(-c4ccc(C#CC(C)(C)S(=O)(=O)C5CC5)nc4[C@H](Cc4cc(F)cc(F)c4)NC(=O)Cn4nc(C(F)F)c5c4C(F)(F)[C@@H]4C[C@H]54)ccc(Cl)c23)o1. The number of anilines is 2. The van der Waals surface area contributed by atoms with Crippen LogP contribution in [0.15, 0.2) is 46.9 Å². The van der Waals surface area contributed by atoms with E-state index in [9.17, 15) is 44.7 Å². The molecule has 0 aliphatic heterocycles. The van der Waals surface area contributed by atoms with E-state index in [1.165, 1.54) is 52.0 Å². The van der Waals surface area contributed by atoms with E-state index in [1.54, 1.807) is 0 Å². The normalized spacial score (nSPS) is 18.0. The van der Waals surface area contributed by atoms with Gasteiger partial charge >= 0.3 is 6.01 Å². The van der Waals surface area contributed by atoms with E-state index < -0.39 is 111 Å². The molecule has 2 fully saturated rings. The van der Waals surface area contributed by atoms with E-state index in [2.05, 4.69) is 42.9 Å². The topological polar surface area (TPSA) is 183 Å². The van der Waals surface area contributed by atoms with Crippen LogP contribution < -0.4 is 10.6 Å². The third-order valence-electron chi connectivity index (χ3n) is 12.2. The first kappa shape index (κ1) is 47.9. The number of alkyl halides is 6. The van der Waals surface area contributed by atoms with E-state index >= 15 is 8.78 Å². The minimum absolute atomic E-state index is 0.0220. The van der Waals surface area contributed by atoms with Crippen LogP contribution in [0.25, 0.3) is 22.0 Å². The Balaban J connectivity index is 1.21. The number of amides is 1. The van der Waals surface area contributed by atoms with Gasteiger partial charge in [-0.3, -0.25) is 19.5 Å². The molecule has 0 unspecified atom stereocenters. The molecule has 3 N–H and O–H groups in total. The van der Waals surface area contributed by atoms with Crippen LogP contribution in [0.5, 0.6) is 0 Å². The average molecular weight is 1010 g/mol. The zero-order valence-electron chi connectivity index (χ0n) is 36.8. The van der Waals surface area contributed by atoms with Gasteiger partial charge in [-0.1, -0.05) is 28.7 Å². The van der Waals surface area contributed by atoms with Crippen LogP contribution in [0, 0.1) is 29.4 Å². The number of fused-ring (bicyclic) bond motifs is 4. The maximum absolute atomic E-state index is 15.6. The molecule has 4 heterocycles. The number of hydrogen-bond donors (Lipinski definition) is 3. The highest BCUT2D eigenvalue weighted by atomic mass is 35.5. The summed E-state index contributed by atoms with van der Waals surface area (Å²) in [6.07, 6.45) is -5.85. The van der Waals surface area contributed by atoms with Crippen molar-refractivity contribution in [3.05, 3.63) is 98.9 Å². The minimum atomic E-state index is -3.75. The van der Waals surface area contributed by atoms with Gasteiger partial charge in [0.2, 0.25) is 11.8 Å². The fourth-order valence-corrected chi connectivity index (χ4v) is 10.7. The van der Waals surface area contributed by atoms with Crippen LogP contribution in [-0.2, 0) is 45.7 Å². The van der Waals surface area contributed by atoms with Crippen molar-refractivity contribution in [2.24, 2.45) is 5.92 Å². The number of aliphatic hydroxyl groups is 1. The number of hydrogen-bond acceptors (Lipinski definition) is 11. The molecule has 2 aromatic carbocycles. The Bertz CT molecular complexity index is 3210. The predicted octanol–water partition coefficient (Wildman–Crippen LogP) is 8.80. The molecule has 0 spiro atoms. The lowest BCUT2D eigenvalue weighted by atomic mass is 9.93. The van der Waals surface area contributed by atoms with Gasteiger partial charge in [-0.25, -0.2) is 39.7 Å². The van der Waals surface area contributed by atoms with Gasteiger partial charge in [-0.2, -0.15) is 19.0 Å². The van der Waals surface area contributed by atoms with E-state index in [-0.39, 0.29) is 73.7 Å². The number of pyridine rings is 1. The second kappa shape index (κ2) is 17.1. The van der Waals surface area contributed by atoms with Gasteiger partial charge in [0.25, 0.3) is 18.8 Å². The number of sulfone groups is 1. The van der Waals surface area contributed by atoms with Gasteiger partial charge < -0.3 is 14.8 Å². The summed E-state index contributed by atoms with van der Waals surface area (Å²) < 4.78 is 150. The van der Waals surface area contributed by atoms with E-state index in [0.29, 0.717) is 23.6 Å². The molecule has 2 saturated carbocycles. The highest BCUT2D eigenvalue weighted by molar-refractivity contribution is 7.93. The second-order valence-corrected chi connectivity index (χ2v) is 21.4. The highest BCUT2D eigenvalue weighted by Crippen LogP contribution is 2.68. The number of rotatable bonds is 15. The molecular weight excluding hydrogens is 966 g/mol. The number of aromatic nitrogens is 7. The summed E-state index contributed by atoms with van der Waals surface area (Å²) in [7, 11) is -3.75. The van der Waals surface area contributed by atoms with Crippen LogP contribution in [0.1, 0.15) is 105 Å². The van der Waals surface area contributed by atoms with Crippen molar-refractivity contribution in [2.75, 3.05) is 5.32 Å². The maximum Gasteiger partial charge on any atom is 0.321 e. The Morgan fingerprint density at radius 1 is 0.986 bits per heavy atom. The van der Waals surface area contributed by atoms with Crippen molar-refractivity contribution in [3.63, 3.8) is 0 Å². The molecule has 0 radical (unpaired) electrons. The lowest BCUT2D eigenvalue weighted by molar-refractivity contribution is -0.123. The Labute approximate surface area is 392 Å². The second-order valence-electron chi connectivity index (χ2n) is 18.3. The van der Waals surface area contributed by atoms with Gasteiger partial charge in [0, 0.05) is 28.7 Å². The molecular formula is C45H40ClF8N9O5S. The van der Waals surface area contributed by atoms with E-state index in [4.69, 9.17) is 21.0 Å². The Kier molecular flexibility index (Phi) is 11.9. The van der Waals surface area contributed by atoms with Crippen LogP contribution in [0.3, 0.4) is 0 Å². The maximum atomic E-state index is 15.6. The Hall–Kier alpha value is -6.12. The number of carbonyl (C=O) groups excluding carboxylic acids is 1. The summed E-state index contributed by atoms with van der Waals surface area (Å²) in [4.78, 5) is 19.0. The molecule has 3 aliphatic rings. The molecule has 4 aromatic heterocycles. The summed E-state index contributed by atoms with van der Waals surface area (Å²) in [6, 6.07) is 6.28. The molecule has 0 saturated heterocycles. The fraction of sp³-hybridized carbons (Fsp3) is 0.422. The average Bonchev–Trinajstić information content (AvgIpc) is 4.12. The van der Waals surface area contributed by atoms with Crippen LogP contribution in [0.4, 0.5) is 47.0 Å². The third-order valence-corrected chi connectivity index (χ3v) is 15.4. The lowest BCUT2D eigenvalue weighted by Gasteiger charge is -2.23. The standard InChI is InChI=1S/C45H40ClF8N9O5S/c1-43(2,69(66,67)24-6-7-24)12-11-23-5-8-25(26-9-10-29(46)34-37(26)62(18-31(49)50)61-40(34)57-42-59-58-41(68-42)44(3,4)65)35(55-23)30(15-20-13-21(47)16-22(48)14-20)56-32(64)19-63-38-33(36(60-63)39(51)52)27-17-28(27)45(38,53)54/h5,8-10,13-14,16,24,27-28,30-31,39,65H,6-7,15,17-19H2,1-4H3,(H,56,64)(H,57,59,61)/t27-,28+,30-/m0/s1. The van der Waals surface area contributed by atoms with E-state index in [0.717, 1.165) is 16.8 Å². The zero-order valence-corrected chi connectivity index (χ0v) is 38.3. The minimum Gasteiger partial charge on any atom is -0.405 e. The zero-order chi connectivity index (χ0) is 49.7. The summed E-state index contributed by atoms with van der Waals surface area (Å²) in [5.41, 5.74) is -3.85. The molecule has 14 nitrogen and oxygen atoms in total. The molecule has 364 valence electrons. The molecule has 24 heteroatoms. The molecule has 9 rings (SSSR count). The molecule has 6 aromatic rings. The summed E-state index contributed by atoms with van der Waals surface area (Å²) >= 11 is 6.76. The van der Waals surface area contributed by atoms with Crippen molar-refractivity contribution >= 4 is 50.1 Å². The fourth-order valence-electron chi connectivity index (χ4n) is 8.72. The van der Waals surface area contributed by atoms with Crippen molar-refractivity contribution in [1.29, 1.82) is 0 Å².